The van der Waals surface area contributed by atoms with Gasteiger partial charge in [-0.1, -0.05) is 23.7 Å². The summed E-state index contributed by atoms with van der Waals surface area (Å²) in [5.74, 6) is -0.657. The molecule has 0 radical (unpaired) electrons. The van der Waals surface area contributed by atoms with E-state index in [0.29, 0.717) is 5.56 Å². The van der Waals surface area contributed by atoms with Crippen LogP contribution in [0.4, 0.5) is 10.1 Å². The van der Waals surface area contributed by atoms with Crippen molar-refractivity contribution in [1.82, 2.24) is 15.0 Å². The number of sulfonamides is 1. The highest BCUT2D eigenvalue weighted by molar-refractivity contribution is 7.92. The maximum atomic E-state index is 13.5. The number of benzene rings is 2. The van der Waals surface area contributed by atoms with Crippen LogP contribution in [0.15, 0.2) is 96.4 Å². The van der Waals surface area contributed by atoms with Crippen LogP contribution in [0.25, 0.3) is 33.2 Å². The second-order valence-electron chi connectivity index (χ2n) is 7.45. The van der Waals surface area contributed by atoms with Crippen LogP contribution in [-0.2, 0) is 10.0 Å². The van der Waals surface area contributed by atoms with Crippen molar-refractivity contribution in [2.45, 2.75) is 4.90 Å². The summed E-state index contributed by atoms with van der Waals surface area (Å²) >= 11 is 6.18. The van der Waals surface area contributed by atoms with Gasteiger partial charge in [0.1, 0.15) is 5.82 Å². The van der Waals surface area contributed by atoms with Gasteiger partial charge in [-0.3, -0.25) is 14.7 Å². The lowest BCUT2D eigenvalue weighted by atomic mass is 9.98. The fourth-order valence-electron chi connectivity index (χ4n) is 3.62. The van der Waals surface area contributed by atoms with Crippen LogP contribution in [0.3, 0.4) is 0 Å². The number of halogens is 2. The number of anilines is 1. The van der Waals surface area contributed by atoms with Crippen LogP contribution < -0.4 is 4.72 Å². The number of hydrogen-bond acceptors (Lipinski definition) is 5. The molecule has 34 heavy (non-hydrogen) atoms. The van der Waals surface area contributed by atoms with Gasteiger partial charge in [-0.05, 0) is 71.3 Å². The standard InChI is InChI=1S/C25H16ClFN4O2S/c26-25-24(31-34(32,33)20-3-1-2-19(27)14-20)13-18(15-30-25)17-4-5-23-22(12-17)21(8-11-29-23)16-6-9-28-10-7-16/h1-15,31H. The fraction of sp³-hybridized carbons (Fsp3) is 0. The summed E-state index contributed by atoms with van der Waals surface area (Å²) in [6.07, 6.45) is 6.77. The Morgan fingerprint density at radius 1 is 0.824 bits per heavy atom. The Balaban J connectivity index is 1.56. The highest BCUT2D eigenvalue weighted by atomic mass is 35.5. The van der Waals surface area contributed by atoms with Crippen LogP contribution in [-0.4, -0.2) is 23.4 Å². The van der Waals surface area contributed by atoms with Crippen LogP contribution in [0.5, 0.6) is 0 Å². The average molecular weight is 491 g/mol. The molecule has 0 bridgehead atoms. The minimum absolute atomic E-state index is 0.0244. The molecule has 9 heteroatoms. The van der Waals surface area contributed by atoms with Crippen molar-refractivity contribution in [1.29, 1.82) is 0 Å². The van der Waals surface area contributed by atoms with E-state index in [0.717, 1.165) is 33.7 Å². The predicted octanol–water partition coefficient (Wildman–Crippen LogP) is 5.95. The smallest absolute Gasteiger partial charge is 0.262 e. The number of nitrogens with one attached hydrogen (secondary N) is 1. The van der Waals surface area contributed by atoms with Crippen molar-refractivity contribution in [3.05, 3.63) is 102 Å². The number of hydrogen-bond donors (Lipinski definition) is 1. The molecule has 3 aromatic heterocycles. The lowest BCUT2D eigenvalue weighted by molar-refractivity contribution is 0.595. The molecule has 1 N–H and O–H groups in total. The van der Waals surface area contributed by atoms with Crippen molar-refractivity contribution < 1.29 is 12.8 Å². The van der Waals surface area contributed by atoms with Crippen molar-refractivity contribution in [3.8, 4) is 22.3 Å². The van der Waals surface area contributed by atoms with Crippen LogP contribution in [0.1, 0.15) is 0 Å². The number of rotatable bonds is 5. The molecule has 3 heterocycles. The molecule has 0 unspecified atom stereocenters. The first-order valence-electron chi connectivity index (χ1n) is 10.1. The van der Waals surface area contributed by atoms with Crippen LogP contribution >= 0.6 is 11.6 Å². The lowest BCUT2D eigenvalue weighted by Gasteiger charge is -2.12. The molecule has 2 aromatic carbocycles. The van der Waals surface area contributed by atoms with Crippen LogP contribution in [0.2, 0.25) is 5.15 Å². The Morgan fingerprint density at radius 2 is 1.65 bits per heavy atom. The minimum atomic E-state index is -4.07. The van der Waals surface area contributed by atoms with E-state index in [9.17, 15) is 12.8 Å². The van der Waals surface area contributed by atoms with Crippen LogP contribution in [0, 0.1) is 5.82 Å². The van der Waals surface area contributed by atoms with E-state index in [2.05, 4.69) is 19.7 Å². The monoisotopic (exact) mass is 490 g/mol. The lowest BCUT2D eigenvalue weighted by Crippen LogP contribution is -2.13. The normalized spacial score (nSPS) is 11.5. The quantitative estimate of drug-likeness (QED) is 0.308. The van der Waals surface area contributed by atoms with E-state index < -0.39 is 15.8 Å². The first kappa shape index (κ1) is 21.9. The first-order valence-corrected chi connectivity index (χ1v) is 12.0. The summed E-state index contributed by atoms with van der Waals surface area (Å²) in [5.41, 5.74) is 4.33. The zero-order chi connectivity index (χ0) is 23.7. The van der Waals surface area contributed by atoms with Crippen molar-refractivity contribution in [2.24, 2.45) is 0 Å². The minimum Gasteiger partial charge on any atom is -0.276 e. The summed E-state index contributed by atoms with van der Waals surface area (Å²) < 4.78 is 41.5. The topological polar surface area (TPSA) is 84.8 Å². The Kier molecular flexibility index (Phi) is 5.69. The summed E-state index contributed by atoms with van der Waals surface area (Å²) in [4.78, 5) is 12.5. The van der Waals surface area contributed by atoms with E-state index in [1.807, 2.05) is 36.4 Å². The predicted molar refractivity (Wildman–Crippen MR) is 130 cm³/mol. The van der Waals surface area contributed by atoms with Crippen molar-refractivity contribution in [2.75, 3.05) is 4.72 Å². The van der Waals surface area contributed by atoms with Gasteiger partial charge in [0.25, 0.3) is 10.0 Å². The SMILES string of the molecule is O=S(=O)(Nc1cc(-c2ccc3nccc(-c4ccncc4)c3c2)cnc1Cl)c1cccc(F)c1. The molecule has 0 spiro atoms. The van der Waals surface area contributed by atoms with Gasteiger partial charge in [0, 0.05) is 35.7 Å². The largest absolute Gasteiger partial charge is 0.276 e. The van der Waals surface area contributed by atoms with Gasteiger partial charge >= 0.3 is 0 Å². The number of nitrogens with zero attached hydrogens (tertiary/aromatic N) is 3. The molecule has 6 nitrogen and oxygen atoms in total. The summed E-state index contributed by atoms with van der Waals surface area (Å²) in [5, 5.41) is 0.895. The third-order valence-corrected chi connectivity index (χ3v) is 6.92. The highest BCUT2D eigenvalue weighted by Crippen LogP contribution is 2.33. The van der Waals surface area contributed by atoms with E-state index in [4.69, 9.17) is 11.6 Å². The Morgan fingerprint density at radius 3 is 2.44 bits per heavy atom. The molecule has 5 aromatic rings. The van der Waals surface area contributed by atoms with E-state index in [1.165, 1.54) is 18.2 Å². The fourth-order valence-corrected chi connectivity index (χ4v) is 4.92. The second kappa shape index (κ2) is 8.81. The second-order valence-corrected chi connectivity index (χ2v) is 9.49. The number of aromatic nitrogens is 3. The van der Waals surface area contributed by atoms with Gasteiger partial charge in [0.15, 0.2) is 5.15 Å². The molecule has 0 saturated heterocycles. The summed E-state index contributed by atoms with van der Waals surface area (Å²) in [6, 6.07) is 17.8. The van der Waals surface area contributed by atoms with Gasteiger partial charge in [0.2, 0.25) is 0 Å². The maximum Gasteiger partial charge on any atom is 0.262 e. The molecule has 0 aliphatic carbocycles. The third-order valence-electron chi connectivity index (χ3n) is 5.26. The molecular weight excluding hydrogens is 475 g/mol. The number of fused-ring (bicyclic) bond motifs is 1. The number of pyridine rings is 3. The molecule has 0 atom stereocenters. The van der Waals surface area contributed by atoms with E-state index >= 15 is 0 Å². The van der Waals surface area contributed by atoms with Crippen molar-refractivity contribution >= 4 is 38.2 Å². The molecular formula is C25H16ClFN4O2S. The summed E-state index contributed by atoms with van der Waals surface area (Å²) in [7, 11) is -4.07. The highest BCUT2D eigenvalue weighted by Gasteiger charge is 2.18. The molecule has 168 valence electrons. The molecule has 0 saturated carbocycles. The Labute approximate surface area is 200 Å². The zero-order valence-electron chi connectivity index (χ0n) is 17.5. The molecule has 0 aliphatic heterocycles. The van der Waals surface area contributed by atoms with Crippen molar-refractivity contribution in [3.63, 3.8) is 0 Å². The van der Waals surface area contributed by atoms with Gasteiger partial charge < -0.3 is 0 Å². The van der Waals surface area contributed by atoms with E-state index in [-0.39, 0.29) is 15.7 Å². The third kappa shape index (κ3) is 4.33. The molecule has 5 rings (SSSR count). The Hall–Kier alpha value is -3.88. The van der Waals surface area contributed by atoms with Gasteiger partial charge in [-0.2, -0.15) is 0 Å². The van der Waals surface area contributed by atoms with E-state index in [1.54, 1.807) is 30.9 Å². The van der Waals surface area contributed by atoms with Gasteiger partial charge in [-0.25, -0.2) is 17.8 Å². The average Bonchev–Trinajstić information content (AvgIpc) is 2.85. The first-order chi connectivity index (χ1) is 16.4. The van der Waals surface area contributed by atoms with Gasteiger partial charge in [0.05, 0.1) is 16.1 Å². The molecule has 0 aliphatic rings. The Bertz CT molecular complexity index is 1630. The maximum absolute atomic E-state index is 13.5. The zero-order valence-corrected chi connectivity index (χ0v) is 19.1. The van der Waals surface area contributed by atoms with Gasteiger partial charge in [-0.15, -0.1) is 0 Å². The summed E-state index contributed by atoms with van der Waals surface area (Å²) in [6.45, 7) is 0. The molecule has 0 amide bonds. The molecule has 0 fully saturated rings.